The summed E-state index contributed by atoms with van der Waals surface area (Å²) in [6.07, 6.45) is 1.09. The molecule has 8 heteroatoms. The smallest absolute Gasteiger partial charge is 0.194 e. The first-order chi connectivity index (χ1) is 13.4. The standard InChI is InChI=1S/C20H29ClN4O3/c1-6-22-20(25(3)13-16-9-15(21)12-24(16)2)23-11-19(26)14-7-17(27-4)10-18(8-14)28-5/h7-10,12,19,26H,6,11,13H2,1-5H3,(H,22,23). The lowest BCUT2D eigenvalue weighted by atomic mass is 10.1. The molecule has 0 bridgehead atoms. The number of aliphatic hydroxyl groups is 1. The van der Waals surface area contributed by atoms with Gasteiger partial charge in [0.05, 0.1) is 38.4 Å². The van der Waals surface area contributed by atoms with E-state index in [0.29, 0.717) is 34.6 Å². The van der Waals surface area contributed by atoms with E-state index in [1.807, 2.05) is 42.7 Å². The van der Waals surface area contributed by atoms with E-state index in [0.717, 1.165) is 12.2 Å². The molecule has 154 valence electrons. The summed E-state index contributed by atoms with van der Waals surface area (Å²) in [6, 6.07) is 7.26. The van der Waals surface area contributed by atoms with Crippen molar-refractivity contribution in [3.63, 3.8) is 0 Å². The fraction of sp³-hybridized carbons (Fsp3) is 0.450. The summed E-state index contributed by atoms with van der Waals surface area (Å²) < 4.78 is 12.5. The molecule has 0 aliphatic heterocycles. The Morgan fingerprint density at radius 1 is 1.25 bits per heavy atom. The molecule has 0 amide bonds. The Kier molecular flexibility index (Phi) is 8.02. The molecule has 1 unspecified atom stereocenters. The Balaban J connectivity index is 2.13. The van der Waals surface area contributed by atoms with Gasteiger partial charge >= 0.3 is 0 Å². The van der Waals surface area contributed by atoms with Crippen molar-refractivity contribution in [2.75, 3.05) is 34.4 Å². The van der Waals surface area contributed by atoms with Crippen LogP contribution in [0.4, 0.5) is 0 Å². The van der Waals surface area contributed by atoms with Crippen LogP contribution in [0.15, 0.2) is 35.5 Å². The Morgan fingerprint density at radius 3 is 2.39 bits per heavy atom. The Bertz CT molecular complexity index is 784. The minimum Gasteiger partial charge on any atom is -0.497 e. The number of benzene rings is 1. The van der Waals surface area contributed by atoms with Crippen LogP contribution in [0, 0.1) is 0 Å². The molecule has 0 fully saturated rings. The zero-order chi connectivity index (χ0) is 20.7. The maximum absolute atomic E-state index is 10.6. The molecule has 1 aromatic heterocycles. The third-order valence-electron chi connectivity index (χ3n) is 4.34. The number of aliphatic imine (C=N–C) groups is 1. The van der Waals surface area contributed by atoms with Crippen molar-refractivity contribution in [2.45, 2.75) is 19.6 Å². The average Bonchev–Trinajstić information content (AvgIpc) is 3.00. The van der Waals surface area contributed by atoms with E-state index in [4.69, 9.17) is 21.1 Å². The lowest BCUT2D eigenvalue weighted by Crippen LogP contribution is -2.39. The van der Waals surface area contributed by atoms with Crippen molar-refractivity contribution in [2.24, 2.45) is 12.0 Å². The molecule has 0 aliphatic rings. The highest BCUT2D eigenvalue weighted by molar-refractivity contribution is 6.30. The summed E-state index contributed by atoms with van der Waals surface area (Å²) in [5.41, 5.74) is 1.75. The number of halogens is 1. The van der Waals surface area contributed by atoms with Gasteiger partial charge in [-0.15, -0.1) is 0 Å². The van der Waals surface area contributed by atoms with Gasteiger partial charge < -0.3 is 29.4 Å². The SMILES string of the molecule is CCNC(=NCC(O)c1cc(OC)cc(OC)c1)N(C)Cc1cc(Cl)cn1C. The van der Waals surface area contributed by atoms with Crippen LogP contribution < -0.4 is 14.8 Å². The molecule has 0 spiro atoms. The third kappa shape index (κ3) is 5.81. The fourth-order valence-electron chi connectivity index (χ4n) is 2.81. The quantitative estimate of drug-likeness (QED) is 0.519. The second-order valence-corrected chi connectivity index (χ2v) is 6.91. The Hall–Kier alpha value is -2.38. The molecule has 1 aromatic carbocycles. The molecule has 2 aromatic rings. The highest BCUT2D eigenvalue weighted by atomic mass is 35.5. The van der Waals surface area contributed by atoms with Gasteiger partial charge in [0.25, 0.3) is 0 Å². The Labute approximate surface area is 171 Å². The van der Waals surface area contributed by atoms with Crippen LogP contribution in [-0.2, 0) is 13.6 Å². The molecule has 2 N–H and O–H groups in total. The van der Waals surface area contributed by atoms with Gasteiger partial charge in [0.2, 0.25) is 0 Å². The summed E-state index contributed by atoms with van der Waals surface area (Å²) in [5.74, 6) is 1.96. The Morgan fingerprint density at radius 2 is 1.89 bits per heavy atom. The van der Waals surface area contributed by atoms with Crippen molar-refractivity contribution in [3.8, 4) is 11.5 Å². The van der Waals surface area contributed by atoms with E-state index in [-0.39, 0.29) is 6.54 Å². The predicted octanol–water partition coefficient (Wildman–Crippen LogP) is 2.83. The summed E-state index contributed by atoms with van der Waals surface area (Å²) in [6.45, 7) is 3.57. The summed E-state index contributed by atoms with van der Waals surface area (Å²) in [7, 11) is 7.07. The van der Waals surface area contributed by atoms with Crippen molar-refractivity contribution in [1.29, 1.82) is 0 Å². The first kappa shape index (κ1) is 21.9. The summed E-state index contributed by atoms with van der Waals surface area (Å²) in [4.78, 5) is 6.58. The highest BCUT2D eigenvalue weighted by Gasteiger charge is 2.14. The fourth-order valence-corrected chi connectivity index (χ4v) is 3.08. The maximum atomic E-state index is 10.6. The number of nitrogens with zero attached hydrogens (tertiary/aromatic N) is 3. The molecule has 1 heterocycles. The van der Waals surface area contributed by atoms with E-state index in [9.17, 15) is 5.11 Å². The third-order valence-corrected chi connectivity index (χ3v) is 4.55. The number of methoxy groups -OCH3 is 2. The van der Waals surface area contributed by atoms with Gasteiger partial charge in [-0.2, -0.15) is 0 Å². The van der Waals surface area contributed by atoms with Crippen molar-refractivity contribution >= 4 is 17.6 Å². The van der Waals surface area contributed by atoms with Crippen LogP contribution in [-0.4, -0.2) is 54.9 Å². The van der Waals surface area contributed by atoms with Gasteiger partial charge in [-0.3, -0.25) is 4.99 Å². The zero-order valence-corrected chi connectivity index (χ0v) is 17.8. The van der Waals surface area contributed by atoms with Gasteiger partial charge in [-0.25, -0.2) is 0 Å². The molecule has 0 saturated carbocycles. The van der Waals surface area contributed by atoms with Gasteiger partial charge in [0.15, 0.2) is 5.96 Å². The van der Waals surface area contributed by atoms with E-state index in [1.54, 1.807) is 32.4 Å². The van der Waals surface area contributed by atoms with Crippen LogP contribution in [0.2, 0.25) is 5.02 Å². The largest absolute Gasteiger partial charge is 0.497 e. The van der Waals surface area contributed by atoms with Crippen LogP contribution >= 0.6 is 11.6 Å². The molecule has 28 heavy (non-hydrogen) atoms. The highest BCUT2D eigenvalue weighted by Crippen LogP contribution is 2.26. The maximum Gasteiger partial charge on any atom is 0.194 e. The molecule has 1 atom stereocenters. The second-order valence-electron chi connectivity index (χ2n) is 6.47. The molecule has 0 aliphatic carbocycles. The molecule has 7 nitrogen and oxygen atoms in total. The van der Waals surface area contributed by atoms with Crippen LogP contribution in [0.1, 0.15) is 24.3 Å². The molecule has 0 radical (unpaired) electrons. The topological polar surface area (TPSA) is 71.2 Å². The van der Waals surface area contributed by atoms with Crippen LogP contribution in [0.5, 0.6) is 11.5 Å². The number of hydrogen-bond acceptors (Lipinski definition) is 4. The van der Waals surface area contributed by atoms with Crippen LogP contribution in [0.25, 0.3) is 0 Å². The average molecular weight is 409 g/mol. The minimum atomic E-state index is -0.782. The number of rotatable bonds is 8. The van der Waals surface area contributed by atoms with Crippen molar-refractivity contribution in [3.05, 3.63) is 46.7 Å². The summed E-state index contributed by atoms with van der Waals surface area (Å²) >= 11 is 6.07. The molecular weight excluding hydrogens is 380 g/mol. The van der Waals surface area contributed by atoms with Crippen molar-refractivity contribution in [1.82, 2.24) is 14.8 Å². The van der Waals surface area contributed by atoms with Gasteiger partial charge in [-0.05, 0) is 30.7 Å². The van der Waals surface area contributed by atoms with E-state index >= 15 is 0 Å². The van der Waals surface area contributed by atoms with Crippen molar-refractivity contribution < 1.29 is 14.6 Å². The molecule has 2 rings (SSSR count). The first-order valence-electron chi connectivity index (χ1n) is 9.09. The van der Waals surface area contributed by atoms with E-state index < -0.39 is 6.10 Å². The normalized spacial score (nSPS) is 12.6. The van der Waals surface area contributed by atoms with E-state index in [2.05, 4.69) is 10.3 Å². The lowest BCUT2D eigenvalue weighted by molar-refractivity contribution is 0.185. The van der Waals surface area contributed by atoms with E-state index in [1.165, 1.54) is 0 Å². The number of aliphatic hydroxyl groups excluding tert-OH is 1. The second kappa shape index (κ2) is 10.2. The predicted molar refractivity (Wildman–Crippen MR) is 112 cm³/mol. The first-order valence-corrected chi connectivity index (χ1v) is 9.47. The van der Waals surface area contributed by atoms with Gasteiger partial charge in [-0.1, -0.05) is 11.6 Å². The van der Waals surface area contributed by atoms with Gasteiger partial charge in [0.1, 0.15) is 11.5 Å². The number of ether oxygens (including phenoxy) is 2. The molecular formula is C20H29ClN4O3. The lowest BCUT2D eigenvalue weighted by Gasteiger charge is -2.23. The zero-order valence-electron chi connectivity index (χ0n) is 17.1. The number of guanidine groups is 1. The summed E-state index contributed by atoms with van der Waals surface area (Å²) in [5, 5.41) is 14.6. The monoisotopic (exact) mass is 408 g/mol. The number of nitrogens with one attached hydrogen (secondary N) is 1. The van der Waals surface area contributed by atoms with Gasteiger partial charge in [0, 0.05) is 38.6 Å². The number of aryl methyl sites for hydroxylation is 1. The molecule has 0 saturated heterocycles. The minimum absolute atomic E-state index is 0.205. The number of hydrogen-bond donors (Lipinski definition) is 2. The number of aromatic nitrogens is 1. The van der Waals surface area contributed by atoms with Crippen LogP contribution in [0.3, 0.4) is 0 Å².